The van der Waals surface area contributed by atoms with E-state index in [9.17, 15) is 19.5 Å². The molecule has 1 aliphatic carbocycles. The minimum atomic E-state index is -0.355. The number of nitrogens with zero attached hydrogens (tertiary/aromatic N) is 2. The molecule has 0 spiro atoms. The van der Waals surface area contributed by atoms with E-state index in [0.29, 0.717) is 53.6 Å². The summed E-state index contributed by atoms with van der Waals surface area (Å²) < 4.78 is 6.67. The zero-order chi connectivity index (χ0) is 34.9. The van der Waals surface area contributed by atoms with E-state index < -0.39 is 0 Å². The molecule has 6 N–H and O–H groups in total. The van der Waals surface area contributed by atoms with Crippen LogP contribution in [0.25, 0.3) is 0 Å². The number of anilines is 3. The van der Waals surface area contributed by atoms with Crippen LogP contribution in [0.4, 0.5) is 21.9 Å². The Balaban J connectivity index is 1.27. The number of hydrogen-bond donors (Lipinski definition) is 5. The fourth-order valence-electron chi connectivity index (χ4n) is 6.57. The number of nitrogens with one attached hydrogen (secondary N) is 3. The van der Waals surface area contributed by atoms with Gasteiger partial charge in [0.15, 0.2) is 0 Å². The third kappa shape index (κ3) is 9.73. The van der Waals surface area contributed by atoms with E-state index in [4.69, 9.17) is 10.5 Å². The lowest BCUT2D eigenvalue weighted by Crippen LogP contribution is -2.47. The number of aliphatic hydroxyl groups excluding tert-OH is 1. The minimum absolute atomic E-state index is 0.0538. The van der Waals surface area contributed by atoms with Crippen LogP contribution in [0.1, 0.15) is 67.4 Å². The summed E-state index contributed by atoms with van der Waals surface area (Å²) in [4.78, 5) is 43.1. The number of para-hydroxylation sites is 2. The average Bonchev–Trinajstić information content (AvgIpc) is 3.13. The maximum atomic E-state index is 13.6. The molecule has 1 fully saturated rings. The molecule has 11 nitrogen and oxygen atoms in total. The summed E-state index contributed by atoms with van der Waals surface area (Å²) in [6, 6.07) is 19.6. The zero-order valence-electron chi connectivity index (χ0n) is 28.8. The van der Waals surface area contributed by atoms with Crippen molar-refractivity contribution < 1.29 is 24.2 Å². The van der Waals surface area contributed by atoms with Crippen LogP contribution in [0.15, 0.2) is 66.7 Å². The maximum Gasteiger partial charge on any atom is 0.319 e. The van der Waals surface area contributed by atoms with E-state index in [1.807, 2.05) is 56.4 Å². The van der Waals surface area contributed by atoms with Gasteiger partial charge in [-0.2, -0.15) is 0 Å². The molecule has 0 saturated heterocycles. The number of likely N-dealkylation sites (N-methyl/N-ethyl adjacent to an activating group) is 1. The van der Waals surface area contributed by atoms with Crippen molar-refractivity contribution in [3.05, 3.63) is 83.4 Å². The van der Waals surface area contributed by atoms with Gasteiger partial charge in [-0.25, -0.2) is 4.79 Å². The van der Waals surface area contributed by atoms with E-state index in [2.05, 4.69) is 27.8 Å². The first kappa shape index (κ1) is 35.7. The van der Waals surface area contributed by atoms with Gasteiger partial charge in [0.05, 0.1) is 30.4 Å². The van der Waals surface area contributed by atoms with Gasteiger partial charge in [0.2, 0.25) is 5.91 Å². The fourth-order valence-corrected chi connectivity index (χ4v) is 6.57. The predicted molar refractivity (Wildman–Crippen MR) is 193 cm³/mol. The van der Waals surface area contributed by atoms with Gasteiger partial charge < -0.3 is 36.4 Å². The number of fused-ring (bicyclic) bond motifs is 1. The number of urea groups is 1. The van der Waals surface area contributed by atoms with E-state index in [-0.39, 0.29) is 55.0 Å². The molecule has 262 valence electrons. The van der Waals surface area contributed by atoms with Crippen molar-refractivity contribution >= 4 is 34.9 Å². The van der Waals surface area contributed by atoms with Crippen molar-refractivity contribution in [1.82, 2.24) is 15.1 Å². The van der Waals surface area contributed by atoms with Crippen molar-refractivity contribution in [2.24, 2.45) is 5.92 Å². The Kier molecular flexibility index (Phi) is 12.1. The Labute approximate surface area is 289 Å². The number of nitrogens with two attached hydrogens (primary N) is 1. The lowest BCUT2D eigenvalue weighted by Gasteiger charge is -2.34. The Hall–Kier alpha value is -4.61. The van der Waals surface area contributed by atoms with Crippen molar-refractivity contribution in [1.29, 1.82) is 0 Å². The summed E-state index contributed by atoms with van der Waals surface area (Å²) in [6.07, 6.45) is 5.23. The summed E-state index contributed by atoms with van der Waals surface area (Å²) in [5.74, 6) is 0.213. The Morgan fingerprint density at radius 3 is 2.49 bits per heavy atom. The number of hydrogen-bond acceptors (Lipinski definition) is 7. The molecule has 4 amide bonds. The van der Waals surface area contributed by atoms with E-state index in [0.717, 1.165) is 31.2 Å². The van der Waals surface area contributed by atoms with Crippen LogP contribution in [-0.2, 0) is 17.8 Å². The van der Waals surface area contributed by atoms with Gasteiger partial charge in [0, 0.05) is 48.4 Å². The lowest BCUT2D eigenvalue weighted by molar-refractivity contribution is -0.134. The molecule has 3 atom stereocenters. The van der Waals surface area contributed by atoms with Gasteiger partial charge in [0.1, 0.15) is 11.9 Å². The van der Waals surface area contributed by atoms with Gasteiger partial charge in [-0.1, -0.05) is 50.5 Å². The molecular weight excluding hydrogens is 620 g/mol. The minimum Gasteiger partial charge on any atom is -0.488 e. The molecule has 1 saturated carbocycles. The third-order valence-electron chi connectivity index (χ3n) is 9.48. The van der Waals surface area contributed by atoms with E-state index >= 15 is 0 Å². The quantitative estimate of drug-likeness (QED) is 0.185. The highest BCUT2D eigenvalue weighted by atomic mass is 16.5. The van der Waals surface area contributed by atoms with E-state index in [1.54, 1.807) is 29.2 Å². The molecular formula is C38H50N6O5. The maximum absolute atomic E-state index is 13.6. The van der Waals surface area contributed by atoms with Gasteiger partial charge in [-0.05, 0) is 74.8 Å². The summed E-state index contributed by atoms with van der Waals surface area (Å²) in [7, 11) is 2.01. The standard InChI is InChI=1S/C38H50N6O5/c1-25-21-44(26(2)24-45)36(46)20-29-19-31(41-38(48)40-30-9-5-4-6-10-30)17-18-34(29)49-35(25)23-43(3)22-27-13-15-28(16-14-27)37(47)42-33-12-8-7-11-32(33)39/h7-8,11-19,25-26,30,35,45H,4-6,9-10,20-24,39H2,1-3H3,(H,42,47)(H2,40,41,48)/t25-,26-,35-/m0/s1. The monoisotopic (exact) mass is 670 g/mol. The smallest absolute Gasteiger partial charge is 0.319 e. The molecule has 0 aromatic heterocycles. The Bertz CT molecular complexity index is 1590. The van der Waals surface area contributed by atoms with Crippen LogP contribution in [0.2, 0.25) is 0 Å². The number of ether oxygens (including phenoxy) is 1. The summed E-state index contributed by atoms with van der Waals surface area (Å²) in [5.41, 5.74) is 9.89. The topological polar surface area (TPSA) is 149 Å². The number of aliphatic hydroxyl groups is 1. The highest BCUT2D eigenvalue weighted by Gasteiger charge is 2.31. The summed E-state index contributed by atoms with van der Waals surface area (Å²) in [6.45, 7) is 5.37. The zero-order valence-corrected chi connectivity index (χ0v) is 28.8. The Morgan fingerprint density at radius 2 is 1.78 bits per heavy atom. The normalized spacial score (nSPS) is 19.1. The average molecular weight is 671 g/mol. The number of carbonyl (C=O) groups excluding carboxylic acids is 3. The molecule has 0 radical (unpaired) electrons. The molecule has 3 aromatic rings. The molecule has 11 heteroatoms. The molecule has 49 heavy (non-hydrogen) atoms. The van der Waals surface area contributed by atoms with Crippen molar-refractivity contribution in [2.75, 3.05) is 43.1 Å². The summed E-state index contributed by atoms with van der Waals surface area (Å²) >= 11 is 0. The van der Waals surface area contributed by atoms with Crippen molar-refractivity contribution in [2.45, 2.75) is 77.1 Å². The van der Waals surface area contributed by atoms with Gasteiger partial charge in [0.25, 0.3) is 5.91 Å². The van der Waals surface area contributed by atoms with Crippen LogP contribution < -0.4 is 26.4 Å². The molecule has 0 bridgehead atoms. The van der Waals surface area contributed by atoms with Crippen LogP contribution in [0, 0.1) is 5.92 Å². The van der Waals surface area contributed by atoms with Gasteiger partial charge in [-0.3, -0.25) is 14.5 Å². The number of amides is 4. The third-order valence-corrected chi connectivity index (χ3v) is 9.48. The highest BCUT2D eigenvalue weighted by Crippen LogP contribution is 2.30. The number of carbonyl (C=O) groups is 3. The van der Waals surface area contributed by atoms with Crippen LogP contribution in [0.5, 0.6) is 5.75 Å². The van der Waals surface area contributed by atoms with Crippen molar-refractivity contribution in [3.8, 4) is 5.75 Å². The molecule has 1 heterocycles. The largest absolute Gasteiger partial charge is 0.488 e. The highest BCUT2D eigenvalue weighted by molar-refractivity contribution is 6.05. The second-order valence-corrected chi connectivity index (χ2v) is 13.6. The van der Waals surface area contributed by atoms with Crippen molar-refractivity contribution in [3.63, 3.8) is 0 Å². The van der Waals surface area contributed by atoms with Gasteiger partial charge in [-0.15, -0.1) is 0 Å². The summed E-state index contributed by atoms with van der Waals surface area (Å²) in [5, 5.41) is 18.9. The lowest BCUT2D eigenvalue weighted by atomic mass is 9.96. The SMILES string of the molecule is C[C@H]1CN([C@@H](C)CO)C(=O)Cc2cc(NC(=O)NC3CCCCC3)ccc2O[C@H]1CN(C)Cc1ccc(C(=O)Nc2ccccc2N)cc1. The van der Waals surface area contributed by atoms with E-state index in [1.165, 1.54) is 6.42 Å². The first-order valence-corrected chi connectivity index (χ1v) is 17.3. The first-order valence-electron chi connectivity index (χ1n) is 17.3. The predicted octanol–water partition coefficient (Wildman–Crippen LogP) is 5.26. The van der Waals surface area contributed by atoms with Crippen LogP contribution >= 0.6 is 0 Å². The first-order chi connectivity index (χ1) is 23.6. The molecule has 0 unspecified atom stereocenters. The number of nitrogen functional groups attached to an aromatic ring is 1. The number of benzene rings is 3. The molecule has 3 aromatic carbocycles. The molecule has 1 aliphatic heterocycles. The van der Waals surface area contributed by atoms with Gasteiger partial charge >= 0.3 is 6.03 Å². The van der Waals surface area contributed by atoms with Crippen LogP contribution in [0.3, 0.4) is 0 Å². The fraction of sp³-hybridized carbons (Fsp3) is 0.447. The Morgan fingerprint density at radius 1 is 1.04 bits per heavy atom. The molecule has 2 aliphatic rings. The molecule has 5 rings (SSSR count). The number of rotatable bonds is 10. The second kappa shape index (κ2) is 16.7. The second-order valence-electron chi connectivity index (χ2n) is 13.6. The van der Waals surface area contributed by atoms with Crippen LogP contribution in [-0.4, -0.2) is 77.7 Å².